The minimum Gasteiger partial charge on any atom is -0.312 e. The predicted octanol–water partition coefficient (Wildman–Crippen LogP) is 2.72. The summed E-state index contributed by atoms with van der Waals surface area (Å²) in [5, 5.41) is 0. The Hall–Kier alpha value is -1.64. The van der Waals surface area contributed by atoms with Gasteiger partial charge in [0.2, 0.25) is 5.91 Å². The Bertz CT molecular complexity index is 467. The molecule has 1 fully saturated rings. The molecule has 96 valence electrons. The van der Waals surface area contributed by atoms with Crippen molar-refractivity contribution < 1.29 is 9.59 Å². The van der Waals surface area contributed by atoms with E-state index in [-0.39, 0.29) is 11.7 Å². The Morgan fingerprint density at radius 2 is 2.11 bits per heavy atom. The van der Waals surface area contributed by atoms with Crippen LogP contribution in [0.4, 0.5) is 5.69 Å². The van der Waals surface area contributed by atoms with E-state index in [4.69, 9.17) is 0 Å². The number of rotatable bonds is 3. The standard InChI is InChI=1S/C15H19NO2/c1-3-14(17)12-8-6-10-16(15(12)18)13-9-5-4-7-11(13)2/h4-5,7,9,12H,3,6,8,10H2,1-2H3/t12-/m1/s1. The van der Waals surface area contributed by atoms with Gasteiger partial charge in [0.15, 0.2) is 0 Å². The zero-order chi connectivity index (χ0) is 13.1. The zero-order valence-corrected chi connectivity index (χ0v) is 11.0. The number of piperidine rings is 1. The number of amides is 1. The number of hydrogen-bond donors (Lipinski definition) is 0. The molecule has 2 rings (SSSR count). The van der Waals surface area contributed by atoms with Gasteiger partial charge in [-0.1, -0.05) is 25.1 Å². The van der Waals surface area contributed by atoms with Gasteiger partial charge in [-0.2, -0.15) is 0 Å². The molecular formula is C15H19NO2. The molecule has 1 heterocycles. The number of benzene rings is 1. The van der Waals surface area contributed by atoms with Crippen LogP contribution in [-0.4, -0.2) is 18.2 Å². The molecule has 1 saturated heterocycles. The van der Waals surface area contributed by atoms with E-state index in [1.54, 1.807) is 4.90 Å². The van der Waals surface area contributed by atoms with Crippen molar-refractivity contribution in [1.29, 1.82) is 0 Å². The Morgan fingerprint density at radius 1 is 1.39 bits per heavy atom. The molecule has 0 unspecified atom stereocenters. The molecule has 0 N–H and O–H groups in total. The minimum absolute atomic E-state index is 0.0256. The summed E-state index contributed by atoms with van der Waals surface area (Å²) in [5.41, 5.74) is 2.02. The topological polar surface area (TPSA) is 37.4 Å². The molecule has 1 amide bonds. The molecule has 1 aromatic carbocycles. The second-order valence-electron chi connectivity index (χ2n) is 4.79. The van der Waals surface area contributed by atoms with Crippen molar-refractivity contribution in [3.05, 3.63) is 29.8 Å². The molecule has 0 saturated carbocycles. The van der Waals surface area contributed by atoms with E-state index in [1.807, 2.05) is 38.1 Å². The van der Waals surface area contributed by atoms with Crippen LogP contribution in [0.5, 0.6) is 0 Å². The van der Waals surface area contributed by atoms with Crippen LogP contribution >= 0.6 is 0 Å². The smallest absolute Gasteiger partial charge is 0.237 e. The summed E-state index contributed by atoms with van der Waals surface area (Å²) in [6.07, 6.45) is 2.04. The third kappa shape index (κ3) is 2.30. The van der Waals surface area contributed by atoms with Crippen LogP contribution in [0.2, 0.25) is 0 Å². The van der Waals surface area contributed by atoms with E-state index in [1.165, 1.54) is 0 Å². The van der Waals surface area contributed by atoms with Crippen LogP contribution in [0.3, 0.4) is 0 Å². The summed E-state index contributed by atoms with van der Waals surface area (Å²) in [4.78, 5) is 26.0. The number of ketones is 1. The Labute approximate surface area is 108 Å². The van der Waals surface area contributed by atoms with Crippen molar-refractivity contribution in [1.82, 2.24) is 0 Å². The third-order valence-corrected chi connectivity index (χ3v) is 3.58. The van der Waals surface area contributed by atoms with Gasteiger partial charge in [-0.05, 0) is 31.4 Å². The first kappa shape index (κ1) is 12.8. The zero-order valence-electron chi connectivity index (χ0n) is 11.0. The van der Waals surface area contributed by atoms with Gasteiger partial charge in [0.25, 0.3) is 0 Å². The summed E-state index contributed by atoms with van der Waals surface area (Å²) >= 11 is 0. The molecule has 0 radical (unpaired) electrons. The fourth-order valence-corrected chi connectivity index (χ4v) is 2.53. The SMILES string of the molecule is CCC(=O)[C@H]1CCCN(c2ccccc2C)C1=O. The number of hydrogen-bond acceptors (Lipinski definition) is 2. The molecule has 0 aliphatic carbocycles. The first-order valence-electron chi connectivity index (χ1n) is 6.55. The van der Waals surface area contributed by atoms with Crippen LogP contribution in [0.25, 0.3) is 0 Å². The maximum atomic E-state index is 12.4. The van der Waals surface area contributed by atoms with Crippen molar-refractivity contribution in [3.8, 4) is 0 Å². The van der Waals surface area contributed by atoms with E-state index in [0.29, 0.717) is 12.8 Å². The van der Waals surface area contributed by atoms with Crippen LogP contribution in [0.1, 0.15) is 31.7 Å². The van der Waals surface area contributed by atoms with Crippen molar-refractivity contribution in [2.24, 2.45) is 5.92 Å². The Kier molecular flexibility index (Phi) is 3.80. The average molecular weight is 245 g/mol. The summed E-state index contributed by atoms with van der Waals surface area (Å²) in [7, 11) is 0. The third-order valence-electron chi connectivity index (χ3n) is 3.58. The largest absolute Gasteiger partial charge is 0.312 e. The first-order valence-corrected chi connectivity index (χ1v) is 6.55. The van der Waals surface area contributed by atoms with Gasteiger partial charge in [0.1, 0.15) is 5.78 Å². The highest BCUT2D eigenvalue weighted by Gasteiger charge is 2.33. The summed E-state index contributed by atoms with van der Waals surface area (Å²) < 4.78 is 0. The number of carbonyl (C=O) groups excluding carboxylic acids is 2. The molecule has 1 atom stereocenters. The van der Waals surface area contributed by atoms with E-state index >= 15 is 0 Å². The van der Waals surface area contributed by atoms with Gasteiger partial charge in [-0.15, -0.1) is 0 Å². The predicted molar refractivity (Wildman–Crippen MR) is 71.6 cm³/mol. The molecule has 0 aromatic heterocycles. The molecular weight excluding hydrogens is 226 g/mol. The van der Waals surface area contributed by atoms with E-state index < -0.39 is 5.92 Å². The number of anilines is 1. The molecule has 0 bridgehead atoms. The van der Waals surface area contributed by atoms with E-state index in [2.05, 4.69) is 0 Å². The number of Topliss-reactive ketones (excluding diaryl/α,β-unsaturated/α-hetero) is 1. The fraction of sp³-hybridized carbons (Fsp3) is 0.467. The Balaban J connectivity index is 2.27. The maximum Gasteiger partial charge on any atom is 0.237 e. The van der Waals surface area contributed by atoms with Gasteiger partial charge >= 0.3 is 0 Å². The van der Waals surface area contributed by atoms with E-state index in [0.717, 1.165) is 24.2 Å². The van der Waals surface area contributed by atoms with Crippen molar-refractivity contribution in [3.63, 3.8) is 0 Å². The van der Waals surface area contributed by atoms with Crippen LogP contribution in [0, 0.1) is 12.8 Å². The van der Waals surface area contributed by atoms with Crippen molar-refractivity contribution in [2.45, 2.75) is 33.1 Å². The second kappa shape index (κ2) is 5.34. The van der Waals surface area contributed by atoms with Gasteiger partial charge in [-0.25, -0.2) is 0 Å². The lowest BCUT2D eigenvalue weighted by Crippen LogP contribution is -2.44. The highest BCUT2D eigenvalue weighted by molar-refractivity contribution is 6.09. The summed E-state index contributed by atoms with van der Waals surface area (Å²) in [6.45, 7) is 4.54. The molecule has 3 heteroatoms. The molecule has 1 aromatic rings. The van der Waals surface area contributed by atoms with Crippen molar-refractivity contribution >= 4 is 17.4 Å². The number of para-hydroxylation sites is 1. The van der Waals surface area contributed by atoms with Gasteiger partial charge in [0.05, 0.1) is 5.92 Å². The van der Waals surface area contributed by atoms with Crippen molar-refractivity contribution in [2.75, 3.05) is 11.4 Å². The first-order chi connectivity index (χ1) is 8.65. The highest BCUT2D eigenvalue weighted by atomic mass is 16.2. The molecule has 1 aliphatic heterocycles. The lowest BCUT2D eigenvalue weighted by Gasteiger charge is -2.32. The van der Waals surface area contributed by atoms with Gasteiger partial charge in [0, 0.05) is 18.7 Å². The molecule has 18 heavy (non-hydrogen) atoms. The number of aryl methyl sites for hydroxylation is 1. The normalized spacial score (nSPS) is 20.0. The lowest BCUT2D eigenvalue weighted by molar-refractivity contribution is -0.133. The monoisotopic (exact) mass is 245 g/mol. The Morgan fingerprint density at radius 3 is 2.78 bits per heavy atom. The van der Waals surface area contributed by atoms with Gasteiger partial charge in [-0.3, -0.25) is 9.59 Å². The fourth-order valence-electron chi connectivity index (χ4n) is 2.53. The summed E-state index contributed by atoms with van der Waals surface area (Å²) in [6, 6.07) is 7.84. The summed E-state index contributed by atoms with van der Waals surface area (Å²) in [5.74, 6) is -0.385. The lowest BCUT2D eigenvalue weighted by atomic mass is 9.91. The molecule has 1 aliphatic rings. The molecule has 0 spiro atoms. The second-order valence-corrected chi connectivity index (χ2v) is 4.79. The maximum absolute atomic E-state index is 12.4. The average Bonchev–Trinajstić information content (AvgIpc) is 2.39. The van der Waals surface area contributed by atoms with E-state index in [9.17, 15) is 9.59 Å². The number of nitrogens with zero attached hydrogens (tertiary/aromatic N) is 1. The number of carbonyl (C=O) groups is 2. The minimum atomic E-state index is -0.427. The molecule has 3 nitrogen and oxygen atoms in total. The van der Waals surface area contributed by atoms with Crippen LogP contribution in [-0.2, 0) is 9.59 Å². The highest BCUT2D eigenvalue weighted by Crippen LogP contribution is 2.27. The van der Waals surface area contributed by atoms with Gasteiger partial charge < -0.3 is 4.90 Å². The quantitative estimate of drug-likeness (QED) is 0.768. The van der Waals surface area contributed by atoms with Crippen LogP contribution in [0.15, 0.2) is 24.3 Å². The van der Waals surface area contributed by atoms with Crippen LogP contribution < -0.4 is 4.90 Å².